The highest BCUT2D eigenvalue weighted by Gasteiger charge is 2.32. The molecular formula is C12H13F3IN3O. The first-order chi connectivity index (χ1) is 8.92. The minimum absolute atomic E-state index is 0. The maximum atomic E-state index is 12.2. The van der Waals surface area contributed by atoms with Crippen LogP contribution in [0, 0.1) is 11.8 Å². The van der Waals surface area contributed by atoms with Gasteiger partial charge in [0.15, 0.2) is 11.7 Å². The van der Waals surface area contributed by atoms with E-state index in [2.05, 4.69) is 26.9 Å². The molecule has 0 radical (unpaired) electrons. The van der Waals surface area contributed by atoms with Crippen molar-refractivity contribution in [3.05, 3.63) is 24.3 Å². The molecule has 8 heteroatoms. The lowest BCUT2D eigenvalue weighted by atomic mass is 10.3. The van der Waals surface area contributed by atoms with E-state index in [1.807, 2.05) is 0 Å². The van der Waals surface area contributed by atoms with Gasteiger partial charge in [-0.1, -0.05) is 18.1 Å². The molecule has 3 N–H and O–H groups in total. The number of nitrogens with two attached hydrogens (primary N) is 1. The van der Waals surface area contributed by atoms with Crippen LogP contribution in [0.15, 0.2) is 29.3 Å². The van der Waals surface area contributed by atoms with Crippen LogP contribution >= 0.6 is 24.0 Å². The highest BCUT2D eigenvalue weighted by molar-refractivity contribution is 14.0. The lowest BCUT2D eigenvalue weighted by molar-refractivity contribution is -0.274. The molecule has 110 valence electrons. The standard InChI is InChI=1S/C12H12F3N3O.HI/c1-2-3-8-17-11(16)18-9-6-4-5-7-10(9)19-12(13,14)15;/h4-7H,8H2,1H3,(H3,16,17,18);1H. The van der Waals surface area contributed by atoms with Gasteiger partial charge < -0.3 is 15.8 Å². The second-order valence-corrected chi connectivity index (χ2v) is 3.30. The summed E-state index contributed by atoms with van der Waals surface area (Å²) in [6.45, 7) is 1.81. The van der Waals surface area contributed by atoms with Crippen molar-refractivity contribution >= 4 is 35.6 Å². The van der Waals surface area contributed by atoms with E-state index in [0.717, 1.165) is 0 Å². The predicted molar refractivity (Wildman–Crippen MR) is 82.1 cm³/mol. The Morgan fingerprint density at radius 1 is 1.40 bits per heavy atom. The molecule has 1 rings (SSSR count). The van der Waals surface area contributed by atoms with Crippen molar-refractivity contribution in [2.24, 2.45) is 10.7 Å². The fourth-order valence-electron chi connectivity index (χ4n) is 1.16. The van der Waals surface area contributed by atoms with Gasteiger partial charge in [-0.05, 0) is 19.1 Å². The Hall–Kier alpha value is -1.63. The third-order valence-electron chi connectivity index (χ3n) is 1.88. The average Bonchev–Trinajstić information content (AvgIpc) is 2.30. The third-order valence-corrected chi connectivity index (χ3v) is 1.88. The van der Waals surface area contributed by atoms with E-state index >= 15 is 0 Å². The molecule has 0 heterocycles. The van der Waals surface area contributed by atoms with Gasteiger partial charge in [0.1, 0.15) is 6.54 Å². The topological polar surface area (TPSA) is 59.6 Å². The Balaban J connectivity index is 0.00000361. The van der Waals surface area contributed by atoms with Gasteiger partial charge >= 0.3 is 6.36 Å². The Morgan fingerprint density at radius 2 is 2.05 bits per heavy atom. The van der Waals surface area contributed by atoms with Crippen molar-refractivity contribution in [1.82, 2.24) is 0 Å². The summed E-state index contributed by atoms with van der Waals surface area (Å²) < 4.78 is 40.4. The lowest BCUT2D eigenvalue weighted by Crippen LogP contribution is -2.24. The number of hydrogen-bond acceptors (Lipinski definition) is 2. The summed E-state index contributed by atoms with van der Waals surface area (Å²) >= 11 is 0. The van der Waals surface area contributed by atoms with E-state index in [9.17, 15) is 13.2 Å². The summed E-state index contributed by atoms with van der Waals surface area (Å²) in [7, 11) is 0. The van der Waals surface area contributed by atoms with Crippen LogP contribution in [-0.2, 0) is 0 Å². The maximum absolute atomic E-state index is 12.2. The van der Waals surface area contributed by atoms with Crippen LogP contribution in [0.25, 0.3) is 0 Å². The van der Waals surface area contributed by atoms with Crippen LogP contribution in [0.5, 0.6) is 5.75 Å². The summed E-state index contributed by atoms with van der Waals surface area (Å²) in [5.41, 5.74) is 5.59. The summed E-state index contributed by atoms with van der Waals surface area (Å²) in [5.74, 6) is 4.84. The van der Waals surface area contributed by atoms with Crippen molar-refractivity contribution < 1.29 is 17.9 Å². The van der Waals surface area contributed by atoms with Gasteiger partial charge in [0.2, 0.25) is 0 Å². The number of rotatable bonds is 3. The number of benzene rings is 1. The monoisotopic (exact) mass is 399 g/mol. The van der Waals surface area contributed by atoms with Crippen LogP contribution in [-0.4, -0.2) is 18.9 Å². The van der Waals surface area contributed by atoms with Crippen molar-refractivity contribution in [1.29, 1.82) is 0 Å². The molecule has 0 atom stereocenters. The number of anilines is 1. The second-order valence-electron chi connectivity index (χ2n) is 3.30. The van der Waals surface area contributed by atoms with Crippen molar-refractivity contribution in [3.8, 4) is 17.6 Å². The Bertz CT molecular complexity index is 521. The highest BCUT2D eigenvalue weighted by Crippen LogP contribution is 2.29. The number of ether oxygens (including phenoxy) is 1. The second kappa shape index (κ2) is 8.52. The molecule has 4 nitrogen and oxygen atoms in total. The van der Waals surface area contributed by atoms with Crippen LogP contribution in [0.2, 0.25) is 0 Å². The zero-order valence-corrected chi connectivity index (χ0v) is 12.8. The fourth-order valence-corrected chi connectivity index (χ4v) is 1.16. The zero-order chi connectivity index (χ0) is 14.3. The van der Waals surface area contributed by atoms with Gasteiger partial charge in [0.05, 0.1) is 5.69 Å². The number of aliphatic imine (C=N–C) groups is 1. The van der Waals surface area contributed by atoms with Gasteiger partial charge in [0, 0.05) is 0 Å². The molecule has 0 fully saturated rings. The summed E-state index contributed by atoms with van der Waals surface area (Å²) in [5, 5.41) is 2.53. The molecule has 1 aromatic carbocycles. The van der Waals surface area contributed by atoms with Crippen LogP contribution in [0.3, 0.4) is 0 Å². The van der Waals surface area contributed by atoms with Crippen LogP contribution in [0.1, 0.15) is 6.92 Å². The Kier molecular flexibility index (Phi) is 7.83. The first-order valence-corrected chi connectivity index (χ1v) is 5.23. The molecule has 0 aliphatic carbocycles. The van der Waals surface area contributed by atoms with Crippen molar-refractivity contribution in [3.63, 3.8) is 0 Å². The molecule has 0 bridgehead atoms. The molecule has 0 saturated carbocycles. The number of alkyl halides is 3. The molecular weight excluding hydrogens is 386 g/mol. The lowest BCUT2D eigenvalue weighted by Gasteiger charge is -2.13. The quantitative estimate of drug-likeness (QED) is 0.356. The average molecular weight is 399 g/mol. The van der Waals surface area contributed by atoms with Gasteiger partial charge in [-0.25, -0.2) is 4.99 Å². The van der Waals surface area contributed by atoms with Crippen LogP contribution < -0.4 is 15.8 Å². The van der Waals surface area contributed by atoms with E-state index in [4.69, 9.17) is 5.73 Å². The number of hydrogen-bond donors (Lipinski definition) is 2. The summed E-state index contributed by atoms with van der Waals surface area (Å²) in [4.78, 5) is 3.82. The fraction of sp³-hybridized carbons (Fsp3) is 0.250. The molecule has 1 aromatic rings. The Morgan fingerprint density at radius 3 is 2.65 bits per heavy atom. The third kappa shape index (κ3) is 7.08. The first kappa shape index (κ1) is 18.4. The van der Waals surface area contributed by atoms with Gasteiger partial charge in [-0.2, -0.15) is 0 Å². The van der Waals surface area contributed by atoms with E-state index in [1.54, 1.807) is 13.0 Å². The van der Waals surface area contributed by atoms with Gasteiger partial charge in [0.25, 0.3) is 0 Å². The van der Waals surface area contributed by atoms with E-state index < -0.39 is 6.36 Å². The van der Waals surface area contributed by atoms with Gasteiger partial charge in [-0.15, -0.1) is 43.1 Å². The highest BCUT2D eigenvalue weighted by atomic mass is 127. The minimum Gasteiger partial charge on any atom is -0.404 e. The molecule has 0 aromatic heterocycles. The largest absolute Gasteiger partial charge is 0.573 e. The molecule has 0 unspecified atom stereocenters. The molecule has 20 heavy (non-hydrogen) atoms. The number of para-hydroxylation sites is 2. The molecule has 0 spiro atoms. The van der Waals surface area contributed by atoms with E-state index in [-0.39, 0.29) is 47.9 Å². The summed E-state index contributed by atoms with van der Waals surface area (Å²) in [6.07, 6.45) is -4.77. The Labute approximate surface area is 131 Å². The van der Waals surface area contributed by atoms with Gasteiger partial charge in [-0.3, -0.25) is 0 Å². The number of halogens is 4. The zero-order valence-electron chi connectivity index (χ0n) is 10.5. The summed E-state index contributed by atoms with van der Waals surface area (Å²) in [6, 6.07) is 5.54. The molecule has 0 aliphatic heterocycles. The minimum atomic E-state index is -4.77. The van der Waals surface area contributed by atoms with E-state index in [0.29, 0.717) is 0 Å². The molecule has 0 aliphatic rings. The number of guanidine groups is 1. The smallest absolute Gasteiger partial charge is 0.404 e. The van der Waals surface area contributed by atoms with Crippen molar-refractivity contribution in [2.75, 3.05) is 11.9 Å². The SMILES string of the molecule is CC#CCN=C(N)Nc1ccccc1OC(F)(F)F.I. The van der Waals surface area contributed by atoms with E-state index in [1.165, 1.54) is 18.2 Å². The molecule has 0 amide bonds. The normalized spacial score (nSPS) is 10.9. The van der Waals surface area contributed by atoms with Crippen LogP contribution in [0.4, 0.5) is 18.9 Å². The number of nitrogens with zero attached hydrogens (tertiary/aromatic N) is 1. The number of nitrogens with one attached hydrogen (secondary N) is 1. The maximum Gasteiger partial charge on any atom is 0.573 e. The van der Waals surface area contributed by atoms with Crippen molar-refractivity contribution in [2.45, 2.75) is 13.3 Å². The molecule has 0 saturated heterocycles. The first-order valence-electron chi connectivity index (χ1n) is 5.23. The predicted octanol–water partition coefficient (Wildman–Crippen LogP) is 2.95.